The van der Waals surface area contributed by atoms with Crippen molar-refractivity contribution in [3.63, 3.8) is 0 Å². The van der Waals surface area contributed by atoms with Crippen LogP contribution in [0.1, 0.15) is 31.7 Å². The van der Waals surface area contributed by atoms with Gasteiger partial charge in [-0.1, -0.05) is 37.3 Å². The Labute approximate surface area is 136 Å². The van der Waals surface area contributed by atoms with E-state index in [1.165, 1.54) is 16.0 Å². The summed E-state index contributed by atoms with van der Waals surface area (Å²) in [5.74, 6) is 0.399. The molecule has 2 heterocycles. The normalized spacial score (nSPS) is 18.3. The molecule has 0 saturated carbocycles. The van der Waals surface area contributed by atoms with E-state index in [9.17, 15) is 4.79 Å². The largest absolute Gasteiger partial charge is 0.306 e. The van der Waals surface area contributed by atoms with Crippen LogP contribution in [0.15, 0.2) is 41.8 Å². The van der Waals surface area contributed by atoms with Gasteiger partial charge in [0.15, 0.2) is 0 Å². The van der Waals surface area contributed by atoms with Gasteiger partial charge in [0.1, 0.15) is 5.78 Å². The topological polar surface area (TPSA) is 20.3 Å². The maximum Gasteiger partial charge on any atom is 0.143 e. The van der Waals surface area contributed by atoms with Crippen LogP contribution >= 0.6 is 11.3 Å². The van der Waals surface area contributed by atoms with Crippen LogP contribution in [0.5, 0.6) is 0 Å². The molecular formula is C19H23NOS. The van der Waals surface area contributed by atoms with Gasteiger partial charge < -0.3 is 4.90 Å². The molecule has 0 aliphatic carbocycles. The van der Waals surface area contributed by atoms with Gasteiger partial charge in [-0.2, -0.15) is 0 Å². The second-order valence-electron chi connectivity index (χ2n) is 6.19. The summed E-state index contributed by atoms with van der Waals surface area (Å²) >= 11 is 1.76. The zero-order chi connectivity index (χ0) is 15.6. The van der Waals surface area contributed by atoms with E-state index < -0.39 is 0 Å². The second-order valence-corrected chi connectivity index (χ2v) is 7.11. The molecule has 3 rings (SSSR count). The Hall–Kier alpha value is -1.45. The third-order valence-electron chi connectivity index (χ3n) is 4.91. The Bertz CT molecular complexity index is 638. The first-order valence-electron chi connectivity index (χ1n) is 8.02. The van der Waals surface area contributed by atoms with Gasteiger partial charge in [-0.05, 0) is 55.6 Å². The van der Waals surface area contributed by atoms with Crippen LogP contribution in [0.25, 0.3) is 10.4 Å². The molecule has 0 spiro atoms. The summed E-state index contributed by atoms with van der Waals surface area (Å²) in [7, 11) is 2.14. The Balaban J connectivity index is 2.07. The molecule has 2 nitrogen and oxygen atoms in total. The number of hydrogen-bond donors (Lipinski definition) is 0. The maximum absolute atomic E-state index is 12.9. The predicted molar refractivity (Wildman–Crippen MR) is 93.5 cm³/mol. The van der Waals surface area contributed by atoms with E-state index in [0.717, 1.165) is 25.9 Å². The number of rotatable bonds is 4. The molecule has 0 N–H and O–H groups in total. The van der Waals surface area contributed by atoms with Crippen LogP contribution in [0.4, 0.5) is 0 Å². The summed E-state index contributed by atoms with van der Waals surface area (Å²) < 4.78 is 0. The van der Waals surface area contributed by atoms with E-state index in [1.807, 2.05) is 13.0 Å². The third kappa shape index (κ3) is 2.64. The van der Waals surface area contributed by atoms with Crippen molar-refractivity contribution in [1.29, 1.82) is 0 Å². The average molecular weight is 313 g/mol. The Morgan fingerprint density at radius 3 is 2.50 bits per heavy atom. The number of carbonyl (C=O) groups is 1. The lowest BCUT2D eigenvalue weighted by atomic mass is 9.68. The molecule has 116 valence electrons. The fourth-order valence-corrected chi connectivity index (χ4v) is 4.54. The third-order valence-corrected chi connectivity index (χ3v) is 5.88. The number of ketones is 1. The molecule has 0 amide bonds. The van der Waals surface area contributed by atoms with Gasteiger partial charge >= 0.3 is 0 Å². The van der Waals surface area contributed by atoms with Crippen LogP contribution in [0.2, 0.25) is 0 Å². The van der Waals surface area contributed by atoms with Crippen LogP contribution in [-0.4, -0.2) is 30.8 Å². The van der Waals surface area contributed by atoms with Crippen molar-refractivity contribution in [2.45, 2.75) is 31.6 Å². The summed E-state index contributed by atoms with van der Waals surface area (Å²) in [6.45, 7) is 3.99. The average Bonchev–Trinajstić information content (AvgIpc) is 3.06. The molecule has 0 radical (unpaired) electrons. The van der Waals surface area contributed by atoms with E-state index in [0.29, 0.717) is 12.2 Å². The highest BCUT2D eigenvalue weighted by Gasteiger charge is 2.42. The van der Waals surface area contributed by atoms with Crippen LogP contribution < -0.4 is 0 Å². The van der Waals surface area contributed by atoms with Crippen LogP contribution in [0, 0.1) is 0 Å². The van der Waals surface area contributed by atoms with Crippen molar-refractivity contribution >= 4 is 17.1 Å². The van der Waals surface area contributed by atoms with Crippen molar-refractivity contribution in [2.24, 2.45) is 0 Å². The smallest absolute Gasteiger partial charge is 0.143 e. The summed E-state index contributed by atoms with van der Waals surface area (Å²) in [5, 5.41) is 2.14. The molecule has 1 saturated heterocycles. The van der Waals surface area contributed by atoms with Crippen molar-refractivity contribution in [3.05, 3.63) is 47.3 Å². The molecular weight excluding hydrogens is 290 g/mol. The zero-order valence-electron chi connectivity index (χ0n) is 13.3. The number of hydrogen-bond acceptors (Lipinski definition) is 3. The highest BCUT2D eigenvalue weighted by atomic mass is 32.1. The number of thiophene rings is 1. The Kier molecular flexibility index (Phi) is 4.46. The second kappa shape index (κ2) is 6.35. The summed E-state index contributed by atoms with van der Waals surface area (Å²) in [4.78, 5) is 16.5. The fourth-order valence-electron chi connectivity index (χ4n) is 3.54. The quantitative estimate of drug-likeness (QED) is 0.836. The van der Waals surface area contributed by atoms with Gasteiger partial charge in [0.05, 0.1) is 5.41 Å². The number of piperidine rings is 1. The summed E-state index contributed by atoms with van der Waals surface area (Å²) in [5.41, 5.74) is 2.20. The van der Waals surface area contributed by atoms with Crippen molar-refractivity contribution in [2.75, 3.05) is 20.1 Å². The number of nitrogens with zero attached hydrogens (tertiary/aromatic N) is 1. The molecule has 22 heavy (non-hydrogen) atoms. The van der Waals surface area contributed by atoms with Gasteiger partial charge in [-0.15, -0.1) is 11.3 Å². The molecule has 1 aromatic heterocycles. The van der Waals surface area contributed by atoms with E-state index in [-0.39, 0.29) is 5.41 Å². The van der Waals surface area contributed by atoms with E-state index in [1.54, 1.807) is 11.3 Å². The first kappa shape index (κ1) is 15.4. The Morgan fingerprint density at radius 2 is 1.86 bits per heavy atom. The molecule has 2 aromatic rings. The first-order chi connectivity index (χ1) is 10.7. The van der Waals surface area contributed by atoms with Crippen LogP contribution in [0.3, 0.4) is 0 Å². The first-order valence-corrected chi connectivity index (χ1v) is 8.90. The lowest BCUT2D eigenvalue weighted by molar-refractivity contribution is -0.126. The molecule has 3 heteroatoms. The number of likely N-dealkylation sites (tertiary alicyclic amines) is 1. The number of Topliss-reactive ketones (excluding diaryl/α,β-unsaturated/α-hetero) is 1. The molecule has 1 aromatic carbocycles. The minimum absolute atomic E-state index is 0.285. The minimum Gasteiger partial charge on any atom is -0.306 e. The molecule has 0 bridgehead atoms. The van der Waals surface area contributed by atoms with Crippen molar-refractivity contribution in [1.82, 2.24) is 4.90 Å². The van der Waals surface area contributed by atoms with Crippen molar-refractivity contribution in [3.8, 4) is 10.4 Å². The molecule has 1 aliphatic rings. The van der Waals surface area contributed by atoms with Gasteiger partial charge in [-0.3, -0.25) is 4.79 Å². The highest BCUT2D eigenvalue weighted by molar-refractivity contribution is 7.13. The highest BCUT2D eigenvalue weighted by Crippen LogP contribution is 2.44. The summed E-state index contributed by atoms with van der Waals surface area (Å²) in [6, 6.07) is 12.7. The van der Waals surface area contributed by atoms with E-state index >= 15 is 0 Å². The number of carbonyl (C=O) groups excluding carboxylic acids is 1. The summed E-state index contributed by atoms with van der Waals surface area (Å²) in [6.07, 6.45) is 2.49. The van der Waals surface area contributed by atoms with Gasteiger partial charge in [0.2, 0.25) is 0 Å². The van der Waals surface area contributed by atoms with Crippen molar-refractivity contribution < 1.29 is 4.79 Å². The Morgan fingerprint density at radius 1 is 1.18 bits per heavy atom. The minimum atomic E-state index is -0.285. The lowest BCUT2D eigenvalue weighted by Gasteiger charge is -2.40. The predicted octanol–water partition coefficient (Wildman–Crippen LogP) is 4.36. The van der Waals surface area contributed by atoms with Crippen LogP contribution in [-0.2, 0) is 10.2 Å². The molecule has 1 aliphatic heterocycles. The van der Waals surface area contributed by atoms with Gasteiger partial charge in [-0.25, -0.2) is 0 Å². The maximum atomic E-state index is 12.9. The molecule has 0 unspecified atom stereocenters. The zero-order valence-corrected chi connectivity index (χ0v) is 14.2. The monoisotopic (exact) mass is 313 g/mol. The standard InChI is InChI=1S/C19H23NOS/c1-3-17(21)19(10-12-20(2)13-11-19)16-9-14-22-18(16)15-7-5-4-6-8-15/h4-9,14H,3,10-13H2,1-2H3. The van der Waals surface area contributed by atoms with Gasteiger partial charge in [0, 0.05) is 11.3 Å². The fraction of sp³-hybridized carbons (Fsp3) is 0.421. The van der Waals surface area contributed by atoms with E-state index in [4.69, 9.17) is 0 Å². The van der Waals surface area contributed by atoms with Gasteiger partial charge in [0.25, 0.3) is 0 Å². The number of benzene rings is 1. The van der Waals surface area contributed by atoms with E-state index in [2.05, 4.69) is 47.7 Å². The SMILES string of the molecule is CCC(=O)C1(c2ccsc2-c2ccccc2)CCN(C)CC1. The lowest BCUT2D eigenvalue weighted by Crippen LogP contribution is -2.46. The molecule has 1 fully saturated rings. The molecule has 0 atom stereocenters.